The summed E-state index contributed by atoms with van der Waals surface area (Å²) < 4.78 is 3.29. The predicted molar refractivity (Wildman–Crippen MR) is 149 cm³/mol. The first kappa shape index (κ1) is 25.2. The summed E-state index contributed by atoms with van der Waals surface area (Å²) in [5.74, 6) is 1.16. The molecule has 0 unspecified atom stereocenters. The van der Waals surface area contributed by atoms with Gasteiger partial charge in [-0.2, -0.15) is 0 Å². The average molecular weight is 568 g/mol. The lowest BCUT2D eigenvalue weighted by molar-refractivity contribution is -0.133. The van der Waals surface area contributed by atoms with Crippen LogP contribution in [0.25, 0.3) is 22.1 Å². The van der Waals surface area contributed by atoms with Crippen LogP contribution in [0, 0.1) is 0 Å². The first-order valence-electron chi connectivity index (χ1n) is 12.6. The Labute approximate surface area is 224 Å². The van der Waals surface area contributed by atoms with Gasteiger partial charge in [0.1, 0.15) is 5.52 Å². The van der Waals surface area contributed by atoms with Crippen molar-refractivity contribution in [1.29, 1.82) is 0 Å². The number of thioether (sulfide) groups is 1. The molecule has 0 atom stereocenters. The van der Waals surface area contributed by atoms with Crippen LogP contribution >= 0.6 is 27.7 Å². The molecule has 0 spiro atoms. The van der Waals surface area contributed by atoms with Crippen LogP contribution in [-0.2, 0) is 11.3 Å². The van der Waals surface area contributed by atoms with Crippen molar-refractivity contribution in [3.05, 3.63) is 58.6 Å². The molecule has 0 saturated carbocycles. The highest BCUT2D eigenvalue weighted by Gasteiger charge is 2.19. The number of hydrogen-bond acceptors (Lipinski definition) is 6. The third-order valence-electron chi connectivity index (χ3n) is 6.80. The molecular formula is C27H31BrN6OS. The standard InChI is InChI=1S/C27H31BrN6OS/c1-2-32-14-16-33(17-15-32)24(35)9-5-6-18-36-27-29-26-25(30-31-27)22-7-3-4-8-23(22)34(26)19-20-10-12-21(28)13-11-20/h3-4,7-8,10-13H,2,5-6,9,14-19H2,1H3. The minimum atomic E-state index is 0.285. The van der Waals surface area contributed by atoms with Gasteiger partial charge < -0.3 is 14.4 Å². The maximum atomic E-state index is 12.5. The highest BCUT2D eigenvalue weighted by atomic mass is 79.9. The van der Waals surface area contributed by atoms with E-state index in [4.69, 9.17) is 4.98 Å². The van der Waals surface area contributed by atoms with E-state index in [9.17, 15) is 4.79 Å². The number of unbranched alkanes of at least 4 members (excludes halogenated alkanes) is 1. The monoisotopic (exact) mass is 566 g/mol. The lowest BCUT2D eigenvalue weighted by atomic mass is 10.2. The van der Waals surface area contributed by atoms with Crippen LogP contribution in [0.5, 0.6) is 0 Å². The summed E-state index contributed by atoms with van der Waals surface area (Å²) in [5, 5.41) is 10.7. The zero-order valence-corrected chi connectivity index (χ0v) is 23.0. The Morgan fingerprint density at radius 1 is 1.00 bits per heavy atom. The number of carbonyl (C=O) groups excluding carboxylic acids is 1. The Morgan fingerprint density at radius 3 is 2.56 bits per heavy atom. The Kier molecular flexibility index (Phi) is 8.19. The van der Waals surface area contributed by atoms with E-state index in [1.54, 1.807) is 11.8 Å². The smallest absolute Gasteiger partial charge is 0.222 e. The fourth-order valence-corrected chi connectivity index (χ4v) is 5.74. The molecule has 2 aromatic heterocycles. The van der Waals surface area contributed by atoms with Crippen molar-refractivity contribution in [2.45, 2.75) is 37.9 Å². The minimum absolute atomic E-state index is 0.285. The Hall–Kier alpha value is -2.49. The number of benzene rings is 2. The maximum Gasteiger partial charge on any atom is 0.222 e. The van der Waals surface area contributed by atoms with E-state index in [1.165, 1.54) is 5.56 Å². The SMILES string of the molecule is CCN1CCN(C(=O)CCCCSc2nnc3c4ccccc4n(Cc4ccc(Br)cc4)c3n2)CC1. The number of rotatable bonds is 9. The molecule has 4 aromatic rings. The van der Waals surface area contributed by atoms with Crippen LogP contribution in [0.3, 0.4) is 0 Å². The highest BCUT2D eigenvalue weighted by Crippen LogP contribution is 2.28. The Balaban J connectivity index is 1.22. The number of carbonyl (C=O) groups is 1. The number of halogens is 1. The number of piperazine rings is 1. The third-order valence-corrected chi connectivity index (χ3v) is 8.25. The van der Waals surface area contributed by atoms with Crippen molar-refractivity contribution in [3.8, 4) is 0 Å². The second kappa shape index (κ2) is 11.7. The van der Waals surface area contributed by atoms with Gasteiger partial charge in [-0.3, -0.25) is 4.79 Å². The molecule has 3 heterocycles. The number of nitrogens with zero attached hydrogens (tertiary/aromatic N) is 6. The zero-order chi connectivity index (χ0) is 24.9. The highest BCUT2D eigenvalue weighted by molar-refractivity contribution is 9.10. The van der Waals surface area contributed by atoms with E-state index in [-0.39, 0.29) is 5.91 Å². The second-order valence-electron chi connectivity index (χ2n) is 9.12. The van der Waals surface area contributed by atoms with Gasteiger partial charge in [-0.1, -0.05) is 64.9 Å². The third kappa shape index (κ3) is 5.74. The summed E-state index contributed by atoms with van der Waals surface area (Å²) in [4.78, 5) is 21.8. The van der Waals surface area contributed by atoms with Crippen LogP contribution in [-0.4, -0.2) is 73.9 Å². The molecule has 9 heteroatoms. The molecular weight excluding hydrogens is 536 g/mol. The van der Waals surface area contributed by atoms with Crippen LogP contribution in [0.4, 0.5) is 0 Å². The Bertz CT molecular complexity index is 1330. The van der Waals surface area contributed by atoms with Gasteiger partial charge in [-0.25, -0.2) is 4.98 Å². The summed E-state index contributed by atoms with van der Waals surface area (Å²) >= 11 is 5.13. The first-order valence-corrected chi connectivity index (χ1v) is 14.4. The topological polar surface area (TPSA) is 67.2 Å². The number of fused-ring (bicyclic) bond motifs is 3. The molecule has 7 nitrogen and oxygen atoms in total. The molecule has 2 aromatic carbocycles. The molecule has 0 aliphatic carbocycles. The molecule has 0 bridgehead atoms. The number of aromatic nitrogens is 4. The van der Waals surface area contributed by atoms with Crippen molar-refractivity contribution >= 4 is 55.7 Å². The average Bonchev–Trinajstić information content (AvgIpc) is 3.22. The molecule has 1 saturated heterocycles. The molecule has 0 radical (unpaired) electrons. The Morgan fingerprint density at radius 2 is 1.78 bits per heavy atom. The van der Waals surface area contributed by atoms with Gasteiger partial charge in [-0.05, 0) is 43.1 Å². The van der Waals surface area contributed by atoms with Gasteiger partial charge in [0.15, 0.2) is 5.65 Å². The maximum absolute atomic E-state index is 12.5. The minimum Gasteiger partial charge on any atom is -0.340 e. The number of likely N-dealkylation sites (N-methyl/N-ethyl adjacent to an activating group) is 1. The summed E-state index contributed by atoms with van der Waals surface area (Å²) in [6.45, 7) is 7.65. The van der Waals surface area contributed by atoms with Gasteiger partial charge >= 0.3 is 0 Å². The van der Waals surface area contributed by atoms with E-state index >= 15 is 0 Å². The van der Waals surface area contributed by atoms with Gasteiger partial charge in [0.25, 0.3) is 0 Å². The van der Waals surface area contributed by atoms with Crippen LogP contribution in [0.2, 0.25) is 0 Å². The zero-order valence-electron chi connectivity index (χ0n) is 20.6. The van der Waals surface area contributed by atoms with Gasteiger partial charge in [0.2, 0.25) is 11.1 Å². The fraction of sp³-hybridized carbons (Fsp3) is 0.407. The van der Waals surface area contributed by atoms with Crippen LogP contribution in [0.15, 0.2) is 58.2 Å². The van der Waals surface area contributed by atoms with Crippen LogP contribution in [0.1, 0.15) is 31.7 Å². The summed E-state index contributed by atoms with van der Waals surface area (Å²) in [5.41, 5.74) is 4.01. The fourth-order valence-electron chi connectivity index (χ4n) is 4.70. The molecule has 188 valence electrons. The summed E-state index contributed by atoms with van der Waals surface area (Å²) in [7, 11) is 0. The molecule has 1 aliphatic rings. The van der Waals surface area contributed by atoms with Gasteiger partial charge in [0, 0.05) is 54.8 Å². The van der Waals surface area contributed by atoms with E-state index in [1.807, 2.05) is 17.0 Å². The van der Waals surface area contributed by atoms with Gasteiger partial charge in [0.05, 0.1) is 5.52 Å². The lowest BCUT2D eigenvalue weighted by Gasteiger charge is -2.34. The van der Waals surface area contributed by atoms with E-state index in [2.05, 4.69) is 78.9 Å². The number of amides is 1. The van der Waals surface area contributed by atoms with Crippen molar-refractivity contribution in [3.63, 3.8) is 0 Å². The second-order valence-corrected chi connectivity index (χ2v) is 11.1. The largest absolute Gasteiger partial charge is 0.340 e. The van der Waals surface area contributed by atoms with E-state index in [0.29, 0.717) is 18.1 Å². The molecule has 5 rings (SSSR count). The van der Waals surface area contributed by atoms with Crippen molar-refractivity contribution in [1.82, 2.24) is 29.5 Å². The first-order chi connectivity index (χ1) is 17.6. The van der Waals surface area contributed by atoms with Crippen molar-refractivity contribution in [2.75, 3.05) is 38.5 Å². The van der Waals surface area contributed by atoms with Crippen molar-refractivity contribution < 1.29 is 4.79 Å². The predicted octanol–water partition coefficient (Wildman–Crippen LogP) is 5.22. The number of hydrogen-bond donors (Lipinski definition) is 0. The van der Waals surface area contributed by atoms with Crippen LogP contribution < -0.4 is 0 Å². The van der Waals surface area contributed by atoms with Gasteiger partial charge in [-0.15, -0.1) is 10.2 Å². The normalized spacial score (nSPS) is 14.7. The molecule has 0 N–H and O–H groups in total. The molecule has 36 heavy (non-hydrogen) atoms. The molecule has 1 fully saturated rings. The molecule has 1 aliphatic heterocycles. The van der Waals surface area contributed by atoms with E-state index < -0.39 is 0 Å². The number of para-hydroxylation sites is 1. The lowest BCUT2D eigenvalue weighted by Crippen LogP contribution is -2.48. The summed E-state index contributed by atoms with van der Waals surface area (Å²) in [6, 6.07) is 16.6. The quantitative estimate of drug-likeness (QED) is 0.204. The van der Waals surface area contributed by atoms with E-state index in [0.717, 1.165) is 77.9 Å². The molecule has 1 amide bonds. The van der Waals surface area contributed by atoms with Crippen molar-refractivity contribution in [2.24, 2.45) is 0 Å². The summed E-state index contributed by atoms with van der Waals surface area (Å²) in [6.07, 6.45) is 2.46.